The number of fused-ring (bicyclic) bond motifs is 1. The van der Waals surface area contributed by atoms with Crippen molar-refractivity contribution in [2.45, 2.75) is 0 Å². The van der Waals surface area contributed by atoms with E-state index in [2.05, 4.69) is 5.48 Å². The van der Waals surface area contributed by atoms with Crippen LogP contribution in [0.3, 0.4) is 0 Å². The molecular weight excluding hydrogens is 216 g/mol. The summed E-state index contributed by atoms with van der Waals surface area (Å²) in [6, 6.07) is 7.30. The molecule has 1 aromatic rings. The molecule has 0 atom stereocenters. The van der Waals surface area contributed by atoms with E-state index in [1.807, 2.05) is 18.2 Å². The van der Waals surface area contributed by atoms with Crippen molar-refractivity contribution in [1.29, 1.82) is 0 Å². The van der Waals surface area contributed by atoms with E-state index < -0.39 is 10.0 Å². The zero-order valence-corrected chi connectivity index (χ0v) is 8.62. The molecule has 0 aromatic heterocycles. The Morgan fingerprint density at radius 1 is 1.33 bits per heavy atom. The summed E-state index contributed by atoms with van der Waals surface area (Å²) in [4.78, 5) is 5.14. The average molecular weight is 226 g/mol. The van der Waals surface area contributed by atoms with Gasteiger partial charge >= 0.3 is 0 Å². The fraction of sp³-hybridized carbons (Fsp3) is 0.111. The average Bonchev–Trinajstić information content (AvgIpc) is 2.15. The van der Waals surface area contributed by atoms with Gasteiger partial charge in [0, 0.05) is 5.56 Å². The predicted octanol–water partition coefficient (Wildman–Crippen LogP) is 0.213. The van der Waals surface area contributed by atoms with Gasteiger partial charge in [0.15, 0.2) is 5.75 Å². The summed E-state index contributed by atoms with van der Waals surface area (Å²) in [6.45, 7) is 0. The number of hydrogen-bond acceptors (Lipinski definition) is 4. The van der Waals surface area contributed by atoms with Gasteiger partial charge in [0.25, 0.3) is 0 Å². The number of rotatable bonds is 2. The first-order valence-electron chi connectivity index (χ1n) is 4.27. The molecule has 0 amide bonds. The number of hydroxylamine groups is 1. The molecule has 1 aromatic carbocycles. The summed E-state index contributed by atoms with van der Waals surface area (Å²) < 4.78 is 21.7. The van der Waals surface area contributed by atoms with E-state index in [1.165, 1.54) is 0 Å². The SMILES string of the molecule is NS(=O)(=O)CC1=Cc2ccccc2ON1. The van der Waals surface area contributed by atoms with Crippen LogP contribution in [0.25, 0.3) is 6.08 Å². The molecule has 0 saturated heterocycles. The van der Waals surface area contributed by atoms with E-state index in [-0.39, 0.29) is 5.75 Å². The van der Waals surface area contributed by atoms with Crippen LogP contribution >= 0.6 is 0 Å². The fourth-order valence-corrected chi connectivity index (χ4v) is 1.89. The topological polar surface area (TPSA) is 81.4 Å². The molecule has 3 N–H and O–H groups in total. The smallest absolute Gasteiger partial charge is 0.214 e. The van der Waals surface area contributed by atoms with Crippen molar-refractivity contribution in [3.63, 3.8) is 0 Å². The third kappa shape index (κ3) is 2.48. The number of hydrogen-bond donors (Lipinski definition) is 2. The van der Waals surface area contributed by atoms with E-state index in [0.29, 0.717) is 11.4 Å². The highest BCUT2D eigenvalue weighted by Crippen LogP contribution is 2.23. The molecule has 5 nitrogen and oxygen atoms in total. The molecule has 2 rings (SSSR count). The largest absolute Gasteiger partial charge is 0.382 e. The number of primary sulfonamides is 1. The molecule has 0 fully saturated rings. The van der Waals surface area contributed by atoms with Gasteiger partial charge in [0.2, 0.25) is 10.0 Å². The van der Waals surface area contributed by atoms with Gasteiger partial charge in [-0.2, -0.15) is 0 Å². The fourth-order valence-electron chi connectivity index (χ4n) is 1.32. The van der Waals surface area contributed by atoms with Gasteiger partial charge in [-0.05, 0) is 12.1 Å². The van der Waals surface area contributed by atoms with Gasteiger partial charge in [0.05, 0.1) is 5.70 Å². The highest BCUT2D eigenvalue weighted by atomic mass is 32.2. The van der Waals surface area contributed by atoms with E-state index in [0.717, 1.165) is 5.56 Å². The minimum Gasteiger partial charge on any atom is -0.382 e. The lowest BCUT2D eigenvalue weighted by Gasteiger charge is -2.17. The van der Waals surface area contributed by atoms with Crippen molar-refractivity contribution in [3.05, 3.63) is 35.5 Å². The minimum absolute atomic E-state index is 0.263. The van der Waals surface area contributed by atoms with Crippen LogP contribution in [0.2, 0.25) is 0 Å². The summed E-state index contributed by atoms with van der Waals surface area (Å²) in [5.41, 5.74) is 3.79. The second kappa shape index (κ2) is 3.56. The van der Waals surface area contributed by atoms with Crippen LogP contribution in [-0.4, -0.2) is 14.2 Å². The molecule has 0 radical (unpaired) electrons. The first-order chi connectivity index (χ1) is 7.04. The van der Waals surface area contributed by atoms with Crippen molar-refractivity contribution in [1.82, 2.24) is 5.48 Å². The molecule has 80 valence electrons. The standard InChI is InChI=1S/C9H10N2O3S/c10-15(12,13)6-8-5-7-3-1-2-4-9(7)14-11-8/h1-5,11H,6H2,(H2,10,12,13). The molecule has 0 unspecified atom stereocenters. The highest BCUT2D eigenvalue weighted by molar-refractivity contribution is 7.89. The molecule has 1 aliphatic heterocycles. The van der Waals surface area contributed by atoms with Gasteiger partial charge in [-0.15, -0.1) is 0 Å². The molecule has 0 bridgehead atoms. The lowest BCUT2D eigenvalue weighted by molar-refractivity contribution is 0.226. The number of para-hydroxylation sites is 1. The van der Waals surface area contributed by atoms with E-state index in [1.54, 1.807) is 12.1 Å². The highest BCUT2D eigenvalue weighted by Gasteiger charge is 2.14. The minimum atomic E-state index is -3.54. The Balaban J connectivity index is 2.30. The zero-order valence-electron chi connectivity index (χ0n) is 7.80. The van der Waals surface area contributed by atoms with Crippen molar-refractivity contribution >= 4 is 16.1 Å². The summed E-state index contributed by atoms with van der Waals surface area (Å²) in [5.74, 6) is 0.400. The summed E-state index contributed by atoms with van der Waals surface area (Å²) in [5, 5.41) is 4.92. The van der Waals surface area contributed by atoms with Crippen molar-refractivity contribution in [2.75, 3.05) is 5.75 Å². The normalized spacial score (nSPS) is 14.6. The lowest BCUT2D eigenvalue weighted by atomic mass is 10.1. The maximum absolute atomic E-state index is 10.9. The van der Waals surface area contributed by atoms with Crippen LogP contribution < -0.4 is 15.5 Å². The number of nitrogens with two attached hydrogens (primary N) is 1. The van der Waals surface area contributed by atoms with E-state index >= 15 is 0 Å². The molecular formula is C9H10N2O3S. The number of nitrogens with one attached hydrogen (secondary N) is 1. The van der Waals surface area contributed by atoms with E-state index in [9.17, 15) is 8.42 Å². The summed E-state index contributed by atoms with van der Waals surface area (Å²) in [7, 11) is -3.54. The van der Waals surface area contributed by atoms with Crippen molar-refractivity contribution in [3.8, 4) is 5.75 Å². The second-order valence-electron chi connectivity index (χ2n) is 3.22. The second-order valence-corrected chi connectivity index (χ2v) is 4.83. The predicted molar refractivity (Wildman–Crippen MR) is 56.2 cm³/mol. The Morgan fingerprint density at radius 2 is 2.07 bits per heavy atom. The third-order valence-electron chi connectivity index (χ3n) is 1.90. The van der Waals surface area contributed by atoms with Crippen LogP contribution in [0.5, 0.6) is 5.75 Å². The Kier molecular flexibility index (Phi) is 2.37. The quantitative estimate of drug-likeness (QED) is 0.755. The lowest BCUT2D eigenvalue weighted by Crippen LogP contribution is -2.29. The first kappa shape index (κ1) is 10.0. The van der Waals surface area contributed by atoms with Crippen LogP contribution in [0.4, 0.5) is 0 Å². The Labute approximate surface area is 87.5 Å². The maximum atomic E-state index is 10.9. The van der Waals surface area contributed by atoms with E-state index in [4.69, 9.17) is 9.98 Å². The van der Waals surface area contributed by atoms with Crippen LogP contribution in [-0.2, 0) is 10.0 Å². The van der Waals surface area contributed by atoms with Gasteiger partial charge in [-0.25, -0.2) is 19.0 Å². The Bertz CT molecular complexity index is 508. The first-order valence-corrected chi connectivity index (χ1v) is 5.99. The summed E-state index contributed by atoms with van der Waals surface area (Å²) >= 11 is 0. The maximum Gasteiger partial charge on any atom is 0.214 e. The number of benzene rings is 1. The van der Waals surface area contributed by atoms with Gasteiger partial charge in [-0.3, -0.25) is 0 Å². The molecule has 6 heteroatoms. The molecule has 1 heterocycles. The summed E-state index contributed by atoms with van der Waals surface area (Å²) in [6.07, 6.45) is 1.70. The Morgan fingerprint density at radius 3 is 2.80 bits per heavy atom. The van der Waals surface area contributed by atoms with Crippen LogP contribution in [0.1, 0.15) is 5.56 Å². The molecule has 1 aliphatic rings. The Hall–Kier alpha value is -1.53. The van der Waals surface area contributed by atoms with Crippen LogP contribution in [0, 0.1) is 0 Å². The molecule has 0 aliphatic carbocycles. The van der Waals surface area contributed by atoms with Crippen LogP contribution in [0.15, 0.2) is 30.0 Å². The third-order valence-corrected chi connectivity index (χ3v) is 2.61. The number of sulfonamides is 1. The van der Waals surface area contributed by atoms with Crippen molar-refractivity contribution < 1.29 is 13.3 Å². The van der Waals surface area contributed by atoms with Gasteiger partial charge in [-0.1, -0.05) is 18.2 Å². The van der Waals surface area contributed by atoms with Gasteiger partial charge < -0.3 is 4.84 Å². The van der Waals surface area contributed by atoms with Gasteiger partial charge in [0.1, 0.15) is 5.75 Å². The zero-order chi connectivity index (χ0) is 10.9. The molecule has 0 saturated carbocycles. The molecule has 0 spiro atoms. The van der Waals surface area contributed by atoms with Crippen molar-refractivity contribution in [2.24, 2.45) is 5.14 Å². The molecule has 15 heavy (non-hydrogen) atoms. The monoisotopic (exact) mass is 226 g/mol.